The third kappa shape index (κ3) is 4.20. The molecule has 0 aromatic carbocycles. The largest absolute Gasteiger partial charge is 0.503 e. The Morgan fingerprint density at radius 2 is 2.07 bits per heavy atom. The zero-order valence-corrected chi connectivity index (χ0v) is 16.0. The van der Waals surface area contributed by atoms with Crippen LogP contribution in [0.1, 0.15) is 20.8 Å². The van der Waals surface area contributed by atoms with Gasteiger partial charge in [-0.1, -0.05) is 26.5 Å². The third-order valence-corrected chi connectivity index (χ3v) is 3.67. The van der Waals surface area contributed by atoms with Crippen molar-refractivity contribution in [3.05, 3.63) is 71.9 Å². The van der Waals surface area contributed by atoms with E-state index in [0.717, 1.165) is 5.70 Å². The maximum atomic E-state index is 12.4. The van der Waals surface area contributed by atoms with Crippen molar-refractivity contribution in [3.63, 3.8) is 0 Å². The van der Waals surface area contributed by atoms with Crippen molar-refractivity contribution in [3.8, 4) is 22.8 Å². The summed E-state index contributed by atoms with van der Waals surface area (Å²) in [6.07, 6.45) is 10.0. The molecule has 0 unspecified atom stereocenters. The minimum absolute atomic E-state index is 0.112. The molecule has 140 valence electrons. The molecule has 3 aromatic heterocycles. The molecule has 0 fully saturated rings. The molecule has 0 aliphatic carbocycles. The second kappa shape index (κ2) is 8.75. The molecule has 7 heteroatoms. The van der Waals surface area contributed by atoms with Crippen LogP contribution in [0.2, 0.25) is 0 Å². The van der Waals surface area contributed by atoms with Crippen LogP contribution in [-0.2, 0) is 7.05 Å². The minimum Gasteiger partial charge on any atom is -0.503 e. The number of pyridine rings is 1. The summed E-state index contributed by atoms with van der Waals surface area (Å²) in [5.41, 5.74) is 1.54. The number of hydrogen-bond acceptors (Lipinski definition) is 4. The van der Waals surface area contributed by atoms with Crippen molar-refractivity contribution in [2.24, 2.45) is 7.05 Å². The molecule has 1 N–H and O–H groups in total. The van der Waals surface area contributed by atoms with Crippen LogP contribution in [-0.4, -0.2) is 24.7 Å². The van der Waals surface area contributed by atoms with Crippen molar-refractivity contribution >= 4 is 5.70 Å². The molecule has 0 aliphatic heterocycles. The SMILES string of the molecule is C=C/C=C(\C)n1nccc1-c1nn(-c2ccc[n+](C)c2)cc(O)c1=O.CC. The molecule has 3 heterocycles. The number of aromatic hydroxyl groups is 1. The Bertz CT molecular complexity index is 1030. The van der Waals surface area contributed by atoms with Gasteiger partial charge >= 0.3 is 0 Å². The van der Waals surface area contributed by atoms with Crippen molar-refractivity contribution in [2.75, 3.05) is 0 Å². The van der Waals surface area contributed by atoms with Gasteiger partial charge in [-0.25, -0.2) is 13.9 Å². The molecule has 3 aromatic rings. The summed E-state index contributed by atoms with van der Waals surface area (Å²) in [6.45, 7) is 9.51. The van der Waals surface area contributed by atoms with Crippen LogP contribution in [0.25, 0.3) is 22.8 Å². The van der Waals surface area contributed by atoms with Crippen molar-refractivity contribution in [2.45, 2.75) is 20.8 Å². The van der Waals surface area contributed by atoms with Gasteiger partial charge in [0, 0.05) is 11.8 Å². The Balaban J connectivity index is 0.00000126. The number of aromatic nitrogens is 5. The fraction of sp³-hybridized carbons (Fsp3) is 0.200. The zero-order valence-electron chi connectivity index (χ0n) is 16.0. The van der Waals surface area contributed by atoms with Crippen LogP contribution in [0.3, 0.4) is 0 Å². The summed E-state index contributed by atoms with van der Waals surface area (Å²) in [6, 6.07) is 5.37. The molecule has 7 nitrogen and oxygen atoms in total. The molecule has 0 saturated carbocycles. The average molecular weight is 366 g/mol. The molecular formula is C20H24N5O2+. The Morgan fingerprint density at radius 3 is 2.74 bits per heavy atom. The first-order chi connectivity index (χ1) is 13.0. The van der Waals surface area contributed by atoms with E-state index in [9.17, 15) is 9.90 Å². The number of hydrogen-bond donors (Lipinski definition) is 1. The predicted molar refractivity (Wildman–Crippen MR) is 105 cm³/mol. The fourth-order valence-electron chi connectivity index (χ4n) is 2.49. The van der Waals surface area contributed by atoms with Gasteiger partial charge in [-0.15, -0.1) is 0 Å². The van der Waals surface area contributed by atoms with Gasteiger partial charge in [0.15, 0.2) is 23.8 Å². The maximum absolute atomic E-state index is 12.4. The topological polar surface area (TPSA) is 76.8 Å². The standard InChI is InChI=1S/C18H17N5O2.C2H6/c1-4-6-13(2)23-15(8-9-19-23)17-18(25)16(24)12-22(20-17)14-7-5-10-21(3)11-14;1-2/h4-12H,1H2,2-3H3;1-2H3/p+1/b13-6+;. The molecule has 27 heavy (non-hydrogen) atoms. The summed E-state index contributed by atoms with van der Waals surface area (Å²) in [5, 5.41) is 18.7. The number of allylic oxidation sites excluding steroid dienone is 3. The van der Waals surface area contributed by atoms with Crippen LogP contribution in [0.4, 0.5) is 0 Å². The van der Waals surface area contributed by atoms with Gasteiger partial charge in [0.2, 0.25) is 0 Å². The molecule has 0 aliphatic rings. The Morgan fingerprint density at radius 1 is 1.33 bits per heavy atom. The highest BCUT2D eigenvalue weighted by Gasteiger charge is 2.17. The number of rotatable bonds is 4. The van der Waals surface area contributed by atoms with E-state index in [1.807, 2.05) is 56.9 Å². The van der Waals surface area contributed by atoms with E-state index in [4.69, 9.17) is 0 Å². The van der Waals surface area contributed by atoms with Crippen LogP contribution in [0.5, 0.6) is 5.75 Å². The highest BCUT2D eigenvalue weighted by Crippen LogP contribution is 2.19. The Kier molecular flexibility index (Phi) is 6.43. The van der Waals surface area contributed by atoms with Gasteiger partial charge in [-0.2, -0.15) is 10.2 Å². The fourth-order valence-corrected chi connectivity index (χ4v) is 2.49. The third-order valence-electron chi connectivity index (χ3n) is 3.67. The second-order valence-electron chi connectivity index (χ2n) is 5.54. The van der Waals surface area contributed by atoms with E-state index in [1.54, 1.807) is 29.1 Å². The van der Waals surface area contributed by atoms with Crippen LogP contribution >= 0.6 is 0 Å². The van der Waals surface area contributed by atoms with Gasteiger partial charge < -0.3 is 5.11 Å². The monoisotopic (exact) mass is 366 g/mol. The molecule has 0 amide bonds. The minimum atomic E-state index is -0.551. The molecule has 0 spiro atoms. The smallest absolute Gasteiger partial charge is 0.251 e. The highest BCUT2D eigenvalue weighted by molar-refractivity contribution is 5.62. The zero-order chi connectivity index (χ0) is 20.0. The van der Waals surface area contributed by atoms with Crippen LogP contribution < -0.4 is 10.00 Å². The van der Waals surface area contributed by atoms with E-state index in [2.05, 4.69) is 16.8 Å². The summed E-state index contributed by atoms with van der Waals surface area (Å²) in [7, 11) is 1.88. The molecule has 3 rings (SSSR count). The van der Waals surface area contributed by atoms with Gasteiger partial charge in [0.25, 0.3) is 5.43 Å². The maximum Gasteiger partial charge on any atom is 0.251 e. The lowest BCUT2D eigenvalue weighted by molar-refractivity contribution is -0.671. The first-order valence-electron chi connectivity index (χ1n) is 8.64. The lowest BCUT2D eigenvalue weighted by Gasteiger charge is -2.10. The summed E-state index contributed by atoms with van der Waals surface area (Å²) in [4.78, 5) is 12.4. The van der Waals surface area contributed by atoms with Gasteiger partial charge in [-0.05, 0) is 25.1 Å². The predicted octanol–water partition coefficient (Wildman–Crippen LogP) is 2.70. The van der Waals surface area contributed by atoms with Gasteiger partial charge in [0.1, 0.15) is 12.7 Å². The molecule has 0 bridgehead atoms. The summed E-state index contributed by atoms with van der Waals surface area (Å²) >= 11 is 0. The molecule has 0 radical (unpaired) electrons. The van der Waals surface area contributed by atoms with E-state index < -0.39 is 5.43 Å². The number of aryl methyl sites for hydroxylation is 1. The van der Waals surface area contributed by atoms with E-state index in [0.29, 0.717) is 11.4 Å². The molecule has 0 saturated heterocycles. The van der Waals surface area contributed by atoms with Gasteiger partial charge in [-0.3, -0.25) is 4.79 Å². The summed E-state index contributed by atoms with van der Waals surface area (Å²) in [5.74, 6) is -0.380. The Hall–Kier alpha value is -3.48. The van der Waals surface area contributed by atoms with Crippen molar-refractivity contribution < 1.29 is 9.67 Å². The Labute approximate surface area is 158 Å². The lowest BCUT2D eigenvalue weighted by Crippen LogP contribution is -2.27. The van der Waals surface area contributed by atoms with Crippen LogP contribution in [0.15, 0.2) is 66.5 Å². The number of nitrogens with zero attached hydrogens (tertiary/aromatic N) is 5. The van der Waals surface area contributed by atoms with E-state index >= 15 is 0 Å². The molecular weight excluding hydrogens is 342 g/mol. The molecule has 0 atom stereocenters. The van der Waals surface area contributed by atoms with E-state index in [1.165, 1.54) is 10.9 Å². The highest BCUT2D eigenvalue weighted by atomic mass is 16.3. The quantitative estimate of drug-likeness (QED) is 0.569. The summed E-state index contributed by atoms with van der Waals surface area (Å²) < 4.78 is 4.91. The lowest BCUT2D eigenvalue weighted by atomic mass is 10.2. The van der Waals surface area contributed by atoms with Crippen molar-refractivity contribution in [1.29, 1.82) is 0 Å². The first-order valence-corrected chi connectivity index (χ1v) is 8.64. The normalized spacial score (nSPS) is 10.9. The van der Waals surface area contributed by atoms with Gasteiger partial charge in [0.05, 0.1) is 18.1 Å². The van der Waals surface area contributed by atoms with E-state index in [-0.39, 0.29) is 11.4 Å². The van der Waals surface area contributed by atoms with Crippen LogP contribution in [0, 0.1) is 0 Å². The second-order valence-corrected chi connectivity index (χ2v) is 5.54. The van der Waals surface area contributed by atoms with Crippen molar-refractivity contribution in [1.82, 2.24) is 19.6 Å². The first kappa shape index (κ1) is 19.8. The average Bonchev–Trinajstić information content (AvgIpc) is 3.15.